The van der Waals surface area contributed by atoms with Crippen LogP contribution in [0.3, 0.4) is 0 Å². The number of carbonyl (C=O) groups excluding carboxylic acids is 1. The number of anilines is 1. The first kappa shape index (κ1) is 23.1. The van der Waals surface area contributed by atoms with Crippen molar-refractivity contribution in [1.29, 1.82) is 0 Å². The molecule has 0 spiro atoms. The molecule has 0 saturated carbocycles. The summed E-state index contributed by atoms with van der Waals surface area (Å²) in [7, 11) is 0. The smallest absolute Gasteiger partial charge is 0.263 e. The van der Waals surface area contributed by atoms with E-state index < -0.39 is 11.7 Å². The Kier molecular flexibility index (Phi) is 5.89. The molecule has 0 radical (unpaired) electrons. The summed E-state index contributed by atoms with van der Waals surface area (Å²) in [6.07, 6.45) is 1.47. The second-order valence-electron chi connectivity index (χ2n) is 8.64. The van der Waals surface area contributed by atoms with Gasteiger partial charge in [0, 0.05) is 17.5 Å². The fourth-order valence-corrected chi connectivity index (χ4v) is 3.85. The summed E-state index contributed by atoms with van der Waals surface area (Å²) in [5.74, 6) is -0.650. The van der Waals surface area contributed by atoms with Crippen LogP contribution in [0.2, 0.25) is 0 Å². The van der Waals surface area contributed by atoms with E-state index in [1.165, 1.54) is 22.9 Å². The van der Waals surface area contributed by atoms with E-state index in [-0.39, 0.29) is 29.1 Å². The molecule has 0 aliphatic heterocycles. The lowest BCUT2D eigenvalue weighted by Crippen LogP contribution is -2.22. The molecule has 180 valence electrons. The third-order valence-corrected chi connectivity index (χ3v) is 5.74. The summed E-state index contributed by atoms with van der Waals surface area (Å²) < 4.78 is 21.2. The zero-order valence-electron chi connectivity index (χ0n) is 19.9. The minimum atomic E-state index is -0.530. The van der Waals surface area contributed by atoms with Crippen molar-refractivity contribution in [2.45, 2.75) is 27.3 Å². The highest BCUT2D eigenvalue weighted by Gasteiger charge is 2.19. The van der Waals surface area contributed by atoms with Gasteiger partial charge in [-0.1, -0.05) is 41.1 Å². The van der Waals surface area contributed by atoms with Gasteiger partial charge in [-0.2, -0.15) is 4.98 Å². The minimum absolute atomic E-state index is 0.0248. The maximum Gasteiger partial charge on any atom is 0.263 e. The summed E-state index contributed by atoms with van der Waals surface area (Å²) in [6, 6.07) is 15.5. The van der Waals surface area contributed by atoms with Crippen molar-refractivity contribution in [2.24, 2.45) is 0 Å². The first-order valence-corrected chi connectivity index (χ1v) is 11.3. The average molecular weight is 484 g/mol. The van der Waals surface area contributed by atoms with Crippen LogP contribution in [0, 0.1) is 26.6 Å². The van der Waals surface area contributed by atoms with Gasteiger partial charge < -0.3 is 14.4 Å². The quantitative estimate of drug-likeness (QED) is 0.385. The van der Waals surface area contributed by atoms with Gasteiger partial charge in [0.15, 0.2) is 0 Å². The predicted molar refractivity (Wildman–Crippen MR) is 134 cm³/mol. The van der Waals surface area contributed by atoms with Crippen LogP contribution >= 0.6 is 0 Å². The van der Waals surface area contributed by atoms with Gasteiger partial charge in [-0.05, 0) is 50.6 Å². The molecule has 36 heavy (non-hydrogen) atoms. The fraction of sp³-hybridized carbons (Fsp3) is 0.148. The SMILES string of the molecule is Cc1ccc(-c2noc(-c3cn(CC(=O)Nc4ccc(C)cc4F)c4nc(C)ccc4c3=O)n2)cc1. The molecule has 0 saturated heterocycles. The van der Waals surface area contributed by atoms with Crippen LogP contribution in [0.25, 0.3) is 33.9 Å². The maximum absolute atomic E-state index is 14.3. The molecule has 0 aliphatic rings. The van der Waals surface area contributed by atoms with Crippen molar-refractivity contribution < 1.29 is 13.7 Å². The first-order chi connectivity index (χ1) is 17.3. The Labute approximate surface area is 205 Å². The Balaban J connectivity index is 1.54. The lowest BCUT2D eigenvalue weighted by atomic mass is 10.1. The van der Waals surface area contributed by atoms with Crippen molar-refractivity contribution in [2.75, 3.05) is 5.32 Å². The number of hydrogen-bond acceptors (Lipinski definition) is 6. The van der Waals surface area contributed by atoms with Crippen molar-refractivity contribution in [3.8, 4) is 22.8 Å². The molecule has 1 amide bonds. The largest absolute Gasteiger partial charge is 0.333 e. The second kappa shape index (κ2) is 9.18. The number of amides is 1. The van der Waals surface area contributed by atoms with Gasteiger partial charge in [-0.3, -0.25) is 9.59 Å². The topological polar surface area (TPSA) is 103 Å². The highest BCUT2D eigenvalue weighted by atomic mass is 19.1. The lowest BCUT2D eigenvalue weighted by molar-refractivity contribution is -0.116. The Morgan fingerprint density at radius 3 is 2.50 bits per heavy atom. The summed E-state index contributed by atoms with van der Waals surface area (Å²) in [5.41, 5.74) is 3.42. The molecule has 0 bridgehead atoms. The van der Waals surface area contributed by atoms with Crippen LogP contribution < -0.4 is 10.7 Å². The summed E-state index contributed by atoms with van der Waals surface area (Å²) in [6.45, 7) is 5.31. The zero-order valence-corrected chi connectivity index (χ0v) is 19.9. The number of aryl methyl sites for hydroxylation is 3. The van der Waals surface area contributed by atoms with Crippen LogP contribution in [0.15, 0.2) is 70.1 Å². The number of nitrogens with one attached hydrogen (secondary N) is 1. The third kappa shape index (κ3) is 4.50. The van der Waals surface area contributed by atoms with Crippen LogP contribution in [-0.4, -0.2) is 25.6 Å². The van der Waals surface area contributed by atoms with E-state index in [0.717, 1.165) is 16.7 Å². The predicted octanol–water partition coefficient (Wildman–Crippen LogP) is 4.82. The van der Waals surface area contributed by atoms with Crippen molar-refractivity contribution >= 4 is 22.6 Å². The Morgan fingerprint density at radius 1 is 1.00 bits per heavy atom. The van der Waals surface area contributed by atoms with Gasteiger partial charge in [0.1, 0.15) is 23.6 Å². The van der Waals surface area contributed by atoms with E-state index in [2.05, 4.69) is 20.4 Å². The number of halogens is 1. The van der Waals surface area contributed by atoms with Crippen molar-refractivity contribution in [3.63, 3.8) is 0 Å². The Hall–Kier alpha value is -4.66. The molecule has 2 aromatic carbocycles. The molecular weight excluding hydrogens is 461 g/mol. The van der Waals surface area contributed by atoms with Gasteiger partial charge in [-0.25, -0.2) is 9.37 Å². The first-order valence-electron chi connectivity index (χ1n) is 11.3. The summed E-state index contributed by atoms with van der Waals surface area (Å²) in [5, 5.41) is 6.89. The second-order valence-corrected chi connectivity index (χ2v) is 8.64. The molecule has 0 atom stereocenters. The summed E-state index contributed by atoms with van der Waals surface area (Å²) in [4.78, 5) is 35.0. The van der Waals surface area contributed by atoms with Crippen LogP contribution in [0.5, 0.6) is 0 Å². The molecule has 0 aliphatic carbocycles. The van der Waals surface area contributed by atoms with E-state index in [0.29, 0.717) is 22.6 Å². The van der Waals surface area contributed by atoms with E-state index in [4.69, 9.17) is 4.52 Å². The Bertz CT molecular complexity index is 1670. The molecule has 9 heteroatoms. The number of hydrogen-bond donors (Lipinski definition) is 1. The molecule has 8 nitrogen and oxygen atoms in total. The average Bonchev–Trinajstić information content (AvgIpc) is 3.33. The molecule has 3 heterocycles. The third-order valence-electron chi connectivity index (χ3n) is 5.74. The number of rotatable bonds is 5. The molecule has 0 unspecified atom stereocenters. The van der Waals surface area contributed by atoms with Gasteiger partial charge >= 0.3 is 0 Å². The molecule has 5 rings (SSSR count). The molecule has 5 aromatic rings. The number of benzene rings is 2. The fourth-order valence-electron chi connectivity index (χ4n) is 3.85. The number of carbonyl (C=O) groups is 1. The van der Waals surface area contributed by atoms with Crippen LogP contribution in [0.1, 0.15) is 16.8 Å². The molecular formula is C27H22FN5O3. The normalized spacial score (nSPS) is 11.1. The standard InChI is InChI=1S/C27H22FN5O3/c1-15-4-8-18(9-5-15)25-31-27(36-32-25)20-13-33(26-19(24(20)35)10-7-17(3)29-26)14-23(34)30-22-11-6-16(2)12-21(22)28/h4-13H,14H2,1-3H3,(H,30,34). The van der Waals surface area contributed by atoms with E-state index in [9.17, 15) is 14.0 Å². The minimum Gasteiger partial charge on any atom is -0.333 e. The number of fused-ring (bicyclic) bond motifs is 1. The van der Waals surface area contributed by atoms with Crippen LogP contribution in [0.4, 0.5) is 10.1 Å². The van der Waals surface area contributed by atoms with Gasteiger partial charge in [0.05, 0.1) is 11.1 Å². The van der Waals surface area contributed by atoms with Crippen molar-refractivity contribution in [3.05, 3.63) is 93.7 Å². The lowest BCUT2D eigenvalue weighted by Gasteiger charge is -2.13. The Morgan fingerprint density at radius 2 is 1.75 bits per heavy atom. The van der Waals surface area contributed by atoms with E-state index in [1.807, 2.05) is 31.2 Å². The van der Waals surface area contributed by atoms with Gasteiger partial charge in [0.25, 0.3) is 5.89 Å². The molecule has 1 N–H and O–H groups in total. The van der Waals surface area contributed by atoms with E-state index in [1.54, 1.807) is 32.0 Å². The number of pyridine rings is 2. The maximum atomic E-state index is 14.3. The monoisotopic (exact) mass is 483 g/mol. The van der Waals surface area contributed by atoms with Gasteiger partial charge in [0.2, 0.25) is 17.2 Å². The summed E-state index contributed by atoms with van der Waals surface area (Å²) >= 11 is 0. The number of nitrogens with zero attached hydrogens (tertiary/aromatic N) is 4. The molecule has 3 aromatic heterocycles. The highest BCUT2D eigenvalue weighted by Crippen LogP contribution is 2.23. The van der Waals surface area contributed by atoms with Gasteiger partial charge in [-0.15, -0.1) is 0 Å². The molecule has 0 fully saturated rings. The van der Waals surface area contributed by atoms with E-state index >= 15 is 0 Å². The zero-order chi connectivity index (χ0) is 25.4. The highest BCUT2D eigenvalue weighted by molar-refractivity contribution is 5.92. The van der Waals surface area contributed by atoms with Crippen LogP contribution in [-0.2, 0) is 11.3 Å². The van der Waals surface area contributed by atoms with Crippen molar-refractivity contribution in [1.82, 2.24) is 19.7 Å². The number of aromatic nitrogens is 4.